The van der Waals surface area contributed by atoms with Gasteiger partial charge in [-0.1, -0.05) is 33.1 Å². The highest BCUT2D eigenvalue weighted by Gasteiger charge is 2.28. The van der Waals surface area contributed by atoms with E-state index in [9.17, 15) is 0 Å². The second-order valence-corrected chi connectivity index (χ2v) is 6.01. The highest BCUT2D eigenvalue weighted by Crippen LogP contribution is 2.31. The lowest BCUT2D eigenvalue weighted by molar-refractivity contribution is 0.168. The summed E-state index contributed by atoms with van der Waals surface area (Å²) < 4.78 is 0. The van der Waals surface area contributed by atoms with Crippen LogP contribution >= 0.6 is 0 Å². The van der Waals surface area contributed by atoms with Gasteiger partial charge < -0.3 is 10.6 Å². The molecule has 102 valence electrons. The summed E-state index contributed by atoms with van der Waals surface area (Å²) in [5, 5.41) is 0. The molecular formula is C15H32N2. The van der Waals surface area contributed by atoms with Crippen molar-refractivity contribution in [3.63, 3.8) is 0 Å². The van der Waals surface area contributed by atoms with Crippen molar-refractivity contribution in [1.82, 2.24) is 4.90 Å². The van der Waals surface area contributed by atoms with Crippen LogP contribution in [-0.4, -0.2) is 31.1 Å². The van der Waals surface area contributed by atoms with E-state index in [0.29, 0.717) is 6.04 Å². The predicted molar refractivity (Wildman–Crippen MR) is 76.1 cm³/mol. The molecule has 1 aliphatic rings. The molecule has 0 aromatic rings. The van der Waals surface area contributed by atoms with E-state index in [1.54, 1.807) is 0 Å². The number of hydrogen-bond donors (Lipinski definition) is 1. The van der Waals surface area contributed by atoms with Crippen LogP contribution in [0.3, 0.4) is 0 Å². The van der Waals surface area contributed by atoms with Crippen LogP contribution in [-0.2, 0) is 0 Å². The topological polar surface area (TPSA) is 29.3 Å². The van der Waals surface area contributed by atoms with E-state index in [1.165, 1.54) is 58.0 Å². The molecule has 0 aliphatic heterocycles. The summed E-state index contributed by atoms with van der Waals surface area (Å²) in [6, 6.07) is 0.451. The zero-order valence-electron chi connectivity index (χ0n) is 12.1. The van der Waals surface area contributed by atoms with E-state index >= 15 is 0 Å². The first kappa shape index (κ1) is 15.0. The Morgan fingerprint density at radius 2 is 1.94 bits per heavy atom. The third kappa shape index (κ3) is 5.39. The summed E-state index contributed by atoms with van der Waals surface area (Å²) in [5.74, 6) is 1.69. The monoisotopic (exact) mass is 240 g/mol. The van der Waals surface area contributed by atoms with Gasteiger partial charge in [-0.2, -0.15) is 0 Å². The van der Waals surface area contributed by atoms with Gasteiger partial charge in [-0.05, 0) is 51.1 Å². The van der Waals surface area contributed by atoms with Crippen LogP contribution in [0.15, 0.2) is 0 Å². The molecule has 2 N–H and O–H groups in total. The lowest BCUT2D eigenvalue weighted by Crippen LogP contribution is -2.42. The maximum Gasteiger partial charge on any atom is 0.00795 e. The predicted octanol–water partition coefficient (Wildman–Crippen LogP) is 3.26. The third-order valence-electron chi connectivity index (χ3n) is 4.29. The first-order valence-corrected chi connectivity index (χ1v) is 7.61. The molecule has 0 heterocycles. The van der Waals surface area contributed by atoms with Crippen molar-refractivity contribution in [3.05, 3.63) is 0 Å². The standard InChI is InChI=1S/C15H32N2/c1-4-6-10-17(3)12-14-11-13(7-5-2)8-9-15(14)16/h13-15H,4-12,16H2,1-3H3. The Balaban J connectivity index is 2.33. The summed E-state index contributed by atoms with van der Waals surface area (Å²) in [7, 11) is 2.26. The Hall–Kier alpha value is -0.0800. The Kier molecular flexibility index (Phi) is 7.14. The van der Waals surface area contributed by atoms with E-state index < -0.39 is 0 Å². The largest absolute Gasteiger partial charge is 0.327 e. The van der Waals surface area contributed by atoms with Gasteiger partial charge in [0.05, 0.1) is 0 Å². The van der Waals surface area contributed by atoms with Gasteiger partial charge in [0, 0.05) is 12.6 Å². The first-order valence-electron chi connectivity index (χ1n) is 7.61. The van der Waals surface area contributed by atoms with Crippen LogP contribution in [0.5, 0.6) is 0 Å². The minimum Gasteiger partial charge on any atom is -0.327 e. The second kappa shape index (κ2) is 8.10. The van der Waals surface area contributed by atoms with E-state index in [4.69, 9.17) is 5.73 Å². The highest BCUT2D eigenvalue weighted by atomic mass is 15.1. The zero-order chi connectivity index (χ0) is 12.7. The minimum absolute atomic E-state index is 0.451. The van der Waals surface area contributed by atoms with Crippen molar-refractivity contribution >= 4 is 0 Å². The van der Waals surface area contributed by atoms with Gasteiger partial charge in [0.25, 0.3) is 0 Å². The van der Waals surface area contributed by atoms with Crippen LogP contribution in [0, 0.1) is 11.8 Å². The molecule has 0 bridgehead atoms. The van der Waals surface area contributed by atoms with Crippen molar-refractivity contribution < 1.29 is 0 Å². The Bertz CT molecular complexity index is 193. The van der Waals surface area contributed by atoms with Crippen LogP contribution in [0.25, 0.3) is 0 Å². The quantitative estimate of drug-likeness (QED) is 0.740. The number of nitrogens with zero attached hydrogens (tertiary/aromatic N) is 1. The molecular weight excluding hydrogens is 208 g/mol. The Labute approximate surface area is 108 Å². The smallest absolute Gasteiger partial charge is 0.00795 e. The fraction of sp³-hybridized carbons (Fsp3) is 1.00. The highest BCUT2D eigenvalue weighted by molar-refractivity contribution is 4.84. The third-order valence-corrected chi connectivity index (χ3v) is 4.29. The molecule has 0 saturated heterocycles. The summed E-state index contributed by atoms with van der Waals surface area (Å²) in [5.41, 5.74) is 6.29. The molecule has 1 fully saturated rings. The summed E-state index contributed by atoms with van der Waals surface area (Å²) in [6.45, 7) is 7.01. The zero-order valence-corrected chi connectivity index (χ0v) is 12.1. The number of rotatable bonds is 7. The average molecular weight is 240 g/mol. The number of unbranched alkanes of at least 4 members (excludes halogenated alkanes) is 1. The molecule has 0 radical (unpaired) electrons. The van der Waals surface area contributed by atoms with Crippen molar-refractivity contribution in [2.45, 2.75) is 64.8 Å². The normalized spacial score (nSPS) is 29.8. The van der Waals surface area contributed by atoms with Crippen LogP contribution in [0.4, 0.5) is 0 Å². The molecule has 1 aliphatic carbocycles. The molecule has 0 spiro atoms. The molecule has 0 aromatic carbocycles. The molecule has 0 amide bonds. The summed E-state index contributed by atoms with van der Waals surface area (Å²) >= 11 is 0. The van der Waals surface area contributed by atoms with E-state index in [-0.39, 0.29) is 0 Å². The summed E-state index contributed by atoms with van der Waals surface area (Å²) in [6.07, 6.45) is 9.32. The van der Waals surface area contributed by atoms with Crippen molar-refractivity contribution in [2.24, 2.45) is 17.6 Å². The van der Waals surface area contributed by atoms with E-state index in [1.807, 2.05) is 0 Å². The molecule has 3 unspecified atom stereocenters. The van der Waals surface area contributed by atoms with Crippen molar-refractivity contribution in [3.8, 4) is 0 Å². The van der Waals surface area contributed by atoms with Crippen LogP contribution in [0.2, 0.25) is 0 Å². The number of hydrogen-bond acceptors (Lipinski definition) is 2. The fourth-order valence-electron chi connectivity index (χ4n) is 3.18. The first-order chi connectivity index (χ1) is 8.17. The molecule has 0 aromatic heterocycles. The molecule has 1 saturated carbocycles. The van der Waals surface area contributed by atoms with Gasteiger partial charge in [-0.15, -0.1) is 0 Å². The average Bonchev–Trinajstić information content (AvgIpc) is 2.31. The van der Waals surface area contributed by atoms with Gasteiger partial charge >= 0.3 is 0 Å². The SMILES string of the molecule is CCCCN(C)CC1CC(CCC)CCC1N. The van der Waals surface area contributed by atoms with Gasteiger partial charge in [-0.3, -0.25) is 0 Å². The van der Waals surface area contributed by atoms with Gasteiger partial charge in [0.1, 0.15) is 0 Å². The molecule has 3 atom stereocenters. The van der Waals surface area contributed by atoms with Gasteiger partial charge in [0.15, 0.2) is 0 Å². The van der Waals surface area contributed by atoms with E-state index in [2.05, 4.69) is 25.8 Å². The number of nitrogens with two attached hydrogens (primary N) is 1. The van der Waals surface area contributed by atoms with Gasteiger partial charge in [-0.25, -0.2) is 0 Å². The van der Waals surface area contributed by atoms with Gasteiger partial charge in [0.2, 0.25) is 0 Å². The van der Waals surface area contributed by atoms with Crippen molar-refractivity contribution in [1.29, 1.82) is 0 Å². The Morgan fingerprint density at radius 3 is 2.59 bits per heavy atom. The Morgan fingerprint density at radius 1 is 1.18 bits per heavy atom. The van der Waals surface area contributed by atoms with Crippen molar-refractivity contribution in [2.75, 3.05) is 20.1 Å². The second-order valence-electron chi connectivity index (χ2n) is 6.01. The van der Waals surface area contributed by atoms with E-state index in [0.717, 1.165) is 11.8 Å². The van der Waals surface area contributed by atoms with Crippen LogP contribution in [0.1, 0.15) is 58.8 Å². The fourth-order valence-corrected chi connectivity index (χ4v) is 3.18. The lowest BCUT2D eigenvalue weighted by atomic mass is 9.76. The lowest BCUT2D eigenvalue weighted by Gasteiger charge is -2.36. The van der Waals surface area contributed by atoms with Crippen LogP contribution < -0.4 is 5.73 Å². The maximum absolute atomic E-state index is 6.29. The molecule has 17 heavy (non-hydrogen) atoms. The minimum atomic E-state index is 0.451. The molecule has 2 heteroatoms. The summed E-state index contributed by atoms with van der Waals surface area (Å²) in [4.78, 5) is 2.49. The maximum atomic E-state index is 6.29. The molecule has 2 nitrogen and oxygen atoms in total. The molecule has 1 rings (SSSR count).